The highest BCUT2D eigenvalue weighted by Crippen LogP contribution is 2.14. The lowest BCUT2D eigenvalue weighted by Crippen LogP contribution is -2.40. The Balaban J connectivity index is 0.00000280. The summed E-state index contributed by atoms with van der Waals surface area (Å²) in [6.45, 7) is 2.85. The van der Waals surface area contributed by atoms with Crippen molar-refractivity contribution in [3.05, 3.63) is 41.3 Å². The summed E-state index contributed by atoms with van der Waals surface area (Å²) in [7, 11) is 3.92. The molecule has 1 atom stereocenters. The molecule has 1 aliphatic heterocycles. The number of nitrogens with zero attached hydrogens (tertiary/aromatic N) is 4. The first-order valence-corrected chi connectivity index (χ1v) is 9.81. The number of imidazole rings is 1. The SMILES string of the molecule is CN(Cc1ncc(Cl)n1C)C(=NCC1CCCCO1)NCCc1ccco1.I. The number of aromatic nitrogens is 2. The highest BCUT2D eigenvalue weighted by Gasteiger charge is 2.16. The summed E-state index contributed by atoms with van der Waals surface area (Å²) in [5, 5.41) is 4.06. The summed E-state index contributed by atoms with van der Waals surface area (Å²) in [6.07, 6.45) is 7.80. The summed E-state index contributed by atoms with van der Waals surface area (Å²) in [6, 6.07) is 3.88. The molecule has 1 saturated heterocycles. The van der Waals surface area contributed by atoms with E-state index >= 15 is 0 Å². The van der Waals surface area contributed by atoms with Crippen molar-refractivity contribution < 1.29 is 9.15 Å². The van der Waals surface area contributed by atoms with Crippen molar-refractivity contribution in [2.45, 2.75) is 38.3 Å². The number of hydrogen-bond acceptors (Lipinski definition) is 4. The number of furan rings is 1. The van der Waals surface area contributed by atoms with Gasteiger partial charge in [-0.25, -0.2) is 4.98 Å². The van der Waals surface area contributed by atoms with E-state index in [4.69, 9.17) is 25.7 Å². The third-order valence-corrected chi connectivity index (χ3v) is 5.07. The van der Waals surface area contributed by atoms with Gasteiger partial charge in [-0.3, -0.25) is 4.99 Å². The highest BCUT2D eigenvalue weighted by atomic mass is 127. The van der Waals surface area contributed by atoms with Gasteiger partial charge in [0, 0.05) is 33.7 Å². The third kappa shape index (κ3) is 6.66. The second kappa shape index (κ2) is 11.7. The molecule has 7 nitrogen and oxygen atoms in total. The molecule has 0 saturated carbocycles. The van der Waals surface area contributed by atoms with Gasteiger partial charge >= 0.3 is 0 Å². The monoisotopic (exact) mass is 521 g/mol. The highest BCUT2D eigenvalue weighted by molar-refractivity contribution is 14.0. The van der Waals surface area contributed by atoms with Crippen molar-refractivity contribution >= 4 is 41.5 Å². The molecule has 2 aromatic heterocycles. The van der Waals surface area contributed by atoms with Crippen LogP contribution in [0.1, 0.15) is 30.8 Å². The van der Waals surface area contributed by atoms with E-state index in [2.05, 4.69) is 15.2 Å². The molecule has 0 bridgehead atoms. The third-order valence-electron chi connectivity index (χ3n) is 4.72. The molecule has 3 heterocycles. The number of ether oxygens (including phenoxy) is 1. The minimum absolute atomic E-state index is 0. The molecule has 3 rings (SSSR count). The minimum Gasteiger partial charge on any atom is -0.469 e. The molecule has 9 heteroatoms. The minimum atomic E-state index is 0. The summed E-state index contributed by atoms with van der Waals surface area (Å²) in [5.74, 6) is 2.67. The van der Waals surface area contributed by atoms with Crippen LogP contribution in [0.15, 0.2) is 34.0 Å². The van der Waals surface area contributed by atoms with Crippen molar-refractivity contribution in [3.8, 4) is 0 Å². The van der Waals surface area contributed by atoms with E-state index in [1.807, 2.05) is 30.8 Å². The molecule has 0 amide bonds. The fourth-order valence-electron chi connectivity index (χ4n) is 3.06. The van der Waals surface area contributed by atoms with Crippen molar-refractivity contribution in [1.82, 2.24) is 19.8 Å². The lowest BCUT2D eigenvalue weighted by molar-refractivity contribution is 0.0223. The molecule has 1 N–H and O–H groups in total. The Hall–Kier alpha value is -1.26. The van der Waals surface area contributed by atoms with Gasteiger partial charge in [-0.2, -0.15) is 0 Å². The van der Waals surface area contributed by atoms with Gasteiger partial charge in [-0.05, 0) is 31.4 Å². The van der Waals surface area contributed by atoms with Crippen molar-refractivity contribution in [3.63, 3.8) is 0 Å². The zero-order chi connectivity index (χ0) is 19.1. The molecule has 0 aromatic carbocycles. The summed E-state index contributed by atoms with van der Waals surface area (Å²) >= 11 is 6.10. The molecule has 0 aliphatic carbocycles. The van der Waals surface area contributed by atoms with Gasteiger partial charge in [0.1, 0.15) is 16.7 Å². The van der Waals surface area contributed by atoms with Crippen molar-refractivity contribution in [2.24, 2.45) is 12.0 Å². The van der Waals surface area contributed by atoms with Crippen molar-refractivity contribution in [2.75, 3.05) is 26.7 Å². The number of nitrogens with one attached hydrogen (secondary N) is 1. The summed E-state index contributed by atoms with van der Waals surface area (Å²) in [5.41, 5.74) is 0. The van der Waals surface area contributed by atoms with Crippen LogP contribution in [0.4, 0.5) is 0 Å². The van der Waals surface area contributed by atoms with Crippen LogP contribution in [0.3, 0.4) is 0 Å². The van der Waals surface area contributed by atoms with Crippen LogP contribution in [-0.2, 0) is 24.8 Å². The van der Waals surface area contributed by atoms with E-state index in [1.165, 1.54) is 6.42 Å². The zero-order valence-corrected chi connectivity index (χ0v) is 19.5. The number of halogens is 2. The average Bonchev–Trinajstić information content (AvgIpc) is 3.31. The molecule has 2 aromatic rings. The van der Waals surface area contributed by atoms with Crippen molar-refractivity contribution in [1.29, 1.82) is 0 Å². The van der Waals surface area contributed by atoms with E-state index in [1.54, 1.807) is 12.5 Å². The Bertz CT molecular complexity index is 729. The molecule has 0 spiro atoms. The predicted molar refractivity (Wildman–Crippen MR) is 121 cm³/mol. The summed E-state index contributed by atoms with van der Waals surface area (Å²) < 4.78 is 13.1. The van der Waals surface area contributed by atoms with E-state index < -0.39 is 0 Å². The molecule has 1 unspecified atom stereocenters. The van der Waals surface area contributed by atoms with Crippen LogP contribution in [0.5, 0.6) is 0 Å². The fourth-order valence-corrected chi connectivity index (χ4v) is 3.21. The second-order valence-corrected chi connectivity index (χ2v) is 7.21. The molecular weight excluding hydrogens is 493 g/mol. The van der Waals surface area contributed by atoms with Gasteiger partial charge < -0.3 is 23.9 Å². The first kappa shape index (κ1) is 23.0. The van der Waals surface area contributed by atoms with Crippen LogP contribution in [-0.4, -0.2) is 53.3 Å². The molecular formula is C19H29ClIN5O2. The maximum atomic E-state index is 6.10. The first-order valence-electron chi connectivity index (χ1n) is 9.43. The molecule has 1 fully saturated rings. The van der Waals surface area contributed by atoms with Crippen LogP contribution in [0, 0.1) is 0 Å². The number of aliphatic imine (C=N–C) groups is 1. The quantitative estimate of drug-likeness (QED) is 0.343. The van der Waals surface area contributed by atoms with Gasteiger partial charge in [0.05, 0.1) is 31.7 Å². The first-order chi connectivity index (χ1) is 13.1. The van der Waals surface area contributed by atoms with Crippen LogP contribution < -0.4 is 5.32 Å². The molecule has 0 radical (unpaired) electrons. The predicted octanol–water partition coefficient (Wildman–Crippen LogP) is 3.47. The zero-order valence-electron chi connectivity index (χ0n) is 16.4. The maximum Gasteiger partial charge on any atom is 0.194 e. The van der Waals surface area contributed by atoms with Crippen LogP contribution >= 0.6 is 35.6 Å². The molecule has 28 heavy (non-hydrogen) atoms. The number of rotatable bonds is 7. The fraction of sp³-hybridized carbons (Fsp3) is 0.579. The standard InChI is InChI=1S/C19H28ClN5O2.HI/c1-24(14-18-22-13-17(20)25(18)2)19(21-9-8-15-7-5-11-26-15)23-12-16-6-3-4-10-27-16;/h5,7,11,13,16H,3-4,6,8-10,12,14H2,1-2H3,(H,21,23);1H. The van der Waals surface area contributed by atoms with Gasteiger partial charge in [-0.1, -0.05) is 11.6 Å². The Morgan fingerprint density at radius 1 is 1.46 bits per heavy atom. The average molecular weight is 522 g/mol. The van der Waals surface area contributed by atoms with E-state index in [0.29, 0.717) is 18.2 Å². The lowest BCUT2D eigenvalue weighted by atomic mass is 10.1. The number of guanidine groups is 1. The number of hydrogen-bond donors (Lipinski definition) is 1. The van der Waals surface area contributed by atoms with Gasteiger partial charge in [0.2, 0.25) is 0 Å². The van der Waals surface area contributed by atoms with E-state index in [0.717, 1.165) is 50.0 Å². The maximum absolute atomic E-state index is 6.10. The second-order valence-electron chi connectivity index (χ2n) is 6.82. The largest absolute Gasteiger partial charge is 0.469 e. The van der Waals surface area contributed by atoms with E-state index in [-0.39, 0.29) is 30.1 Å². The Morgan fingerprint density at radius 2 is 2.32 bits per heavy atom. The van der Waals surface area contributed by atoms with Crippen LogP contribution in [0.2, 0.25) is 5.15 Å². The normalized spacial score (nSPS) is 17.2. The van der Waals surface area contributed by atoms with Gasteiger partial charge in [0.25, 0.3) is 0 Å². The molecule has 156 valence electrons. The summed E-state index contributed by atoms with van der Waals surface area (Å²) in [4.78, 5) is 11.2. The van der Waals surface area contributed by atoms with Gasteiger partial charge in [0.15, 0.2) is 5.96 Å². The van der Waals surface area contributed by atoms with Gasteiger partial charge in [-0.15, -0.1) is 24.0 Å². The molecule has 1 aliphatic rings. The Labute approximate surface area is 188 Å². The van der Waals surface area contributed by atoms with Crippen LogP contribution in [0.25, 0.3) is 0 Å². The Morgan fingerprint density at radius 3 is 2.96 bits per heavy atom. The Kier molecular flexibility index (Phi) is 9.60. The lowest BCUT2D eigenvalue weighted by Gasteiger charge is -2.25. The smallest absolute Gasteiger partial charge is 0.194 e. The topological polar surface area (TPSA) is 67.8 Å². The van der Waals surface area contributed by atoms with E-state index in [9.17, 15) is 0 Å².